The Morgan fingerprint density at radius 2 is 1.68 bits per heavy atom. The number of likely N-dealkylation sites (N-methyl/N-ethyl adjacent to an activating group) is 1. The van der Waals surface area contributed by atoms with Crippen molar-refractivity contribution >= 4 is 17.7 Å². The van der Waals surface area contributed by atoms with Gasteiger partial charge in [0, 0.05) is 32.3 Å². The van der Waals surface area contributed by atoms with E-state index in [4.69, 9.17) is 33.2 Å². The monoisotopic (exact) mass is 889 g/mol. The summed E-state index contributed by atoms with van der Waals surface area (Å²) in [6, 6.07) is 9.40. The van der Waals surface area contributed by atoms with Crippen molar-refractivity contribution in [2.24, 2.45) is 17.8 Å². The van der Waals surface area contributed by atoms with Crippen LogP contribution < -0.4 is 5.32 Å². The van der Waals surface area contributed by atoms with Crippen molar-refractivity contribution in [3.8, 4) is 0 Å². The van der Waals surface area contributed by atoms with Crippen LogP contribution in [0.5, 0.6) is 0 Å². The Bertz CT molecular complexity index is 1620. The van der Waals surface area contributed by atoms with Gasteiger partial charge in [-0.15, -0.1) is 0 Å². The number of ketones is 1. The van der Waals surface area contributed by atoms with E-state index in [1.54, 1.807) is 58.8 Å². The van der Waals surface area contributed by atoms with Crippen molar-refractivity contribution in [1.82, 2.24) is 10.2 Å². The fraction of sp³-hybridized carbons (Fsp3) is 0.729. The number of methoxy groups -OCH3 is 1. The van der Waals surface area contributed by atoms with Gasteiger partial charge < -0.3 is 58.7 Å². The topological polar surface area (TPSA) is 192 Å². The number of benzene rings is 1. The van der Waals surface area contributed by atoms with Crippen LogP contribution in [-0.4, -0.2) is 151 Å². The van der Waals surface area contributed by atoms with Gasteiger partial charge in [-0.25, -0.2) is 0 Å². The normalized spacial score (nSPS) is 37.4. The number of aliphatic hydroxyl groups excluding tert-OH is 2. The van der Waals surface area contributed by atoms with E-state index in [0.717, 1.165) is 6.42 Å². The van der Waals surface area contributed by atoms with Crippen LogP contribution in [0, 0.1) is 17.8 Å². The Morgan fingerprint density at radius 3 is 2.33 bits per heavy atom. The highest BCUT2D eigenvalue weighted by atomic mass is 16.7. The van der Waals surface area contributed by atoms with Crippen molar-refractivity contribution in [3.05, 3.63) is 60.2 Å². The first-order valence-corrected chi connectivity index (χ1v) is 22.7. The number of rotatable bonds is 15. The van der Waals surface area contributed by atoms with Gasteiger partial charge in [-0.3, -0.25) is 14.4 Å². The van der Waals surface area contributed by atoms with Crippen LogP contribution in [-0.2, 0) is 54.0 Å². The molecule has 4 rings (SSSR count). The molecule has 0 unspecified atom stereocenters. The van der Waals surface area contributed by atoms with Gasteiger partial charge >= 0.3 is 11.9 Å². The zero-order chi connectivity index (χ0) is 46.4. The van der Waals surface area contributed by atoms with Crippen molar-refractivity contribution in [2.45, 2.75) is 173 Å². The smallest absolute Gasteiger partial charge is 0.308 e. The second kappa shape index (κ2) is 25.0. The molecule has 15 nitrogen and oxygen atoms in total. The summed E-state index contributed by atoms with van der Waals surface area (Å²) in [6.07, 6.45) is -1.98. The van der Waals surface area contributed by atoms with Crippen LogP contribution in [0.25, 0.3) is 0 Å². The number of carbonyl (C=O) groups excluding carboxylic acids is 3. The summed E-state index contributed by atoms with van der Waals surface area (Å²) in [5.74, 6) is -1.94. The number of nitrogens with zero attached hydrogens (tertiary/aromatic N) is 1. The molecule has 0 bridgehead atoms. The van der Waals surface area contributed by atoms with Crippen LogP contribution >= 0.6 is 0 Å². The molecule has 1 aromatic rings. The highest BCUT2D eigenvalue weighted by Gasteiger charge is 2.52. The summed E-state index contributed by atoms with van der Waals surface area (Å²) in [5.41, 5.74) is -0.288. The third kappa shape index (κ3) is 15.8. The molecule has 0 amide bonds. The molecule has 0 aromatic heterocycles. The molecule has 0 aliphatic carbocycles. The van der Waals surface area contributed by atoms with E-state index < -0.39 is 103 Å². The third-order valence-corrected chi connectivity index (χ3v) is 12.2. The quantitative estimate of drug-likeness (QED) is 0.144. The number of aliphatic hydroxyl groups is 3. The van der Waals surface area contributed by atoms with Gasteiger partial charge in [-0.05, 0) is 97.6 Å². The largest absolute Gasteiger partial charge is 0.462 e. The molecule has 2 saturated heterocycles. The first-order valence-electron chi connectivity index (χ1n) is 22.7. The fourth-order valence-corrected chi connectivity index (χ4v) is 8.89. The highest BCUT2D eigenvalue weighted by molar-refractivity contribution is 5.91. The van der Waals surface area contributed by atoms with Crippen LogP contribution in [0.4, 0.5) is 0 Å². The van der Waals surface area contributed by atoms with E-state index in [2.05, 4.69) is 17.4 Å². The maximum Gasteiger partial charge on any atom is 0.308 e. The first kappa shape index (κ1) is 52.5. The second-order valence-electron chi connectivity index (χ2n) is 18.6. The number of allylic oxidation sites excluding steroid dienone is 3. The van der Waals surface area contributed by atoms with E-state index in [9.17, 15) is 29.7 Å². The van der Waals surface area contributed by atoms with Crippen molar-refractivity contribution in [2.75, 3.05) is 34.3 Å². The molecule has 4 N–H and O–H groups in total. The average Bonchev–Trinajstić information content (AvgIpc) is 3.19. The maximum absolute atomic E-state index is 13.5. The lowest BCUT2D eigenvalue weighted by molar-refractivity contribution is -0.344. The van der Waals surface area contributed by atoms with Gasteiger partial charge in [0.1, 0.15) is 30.0 Å². The number of hydrogen-bond acceptors (Lipinski definition) is 15. The molecular weight excluding hydrogens is 813 g/mol. The summed E-state index contributed by atoms with van der Waals surface area (Å²) >= 11 is 0. The molecule has 0 spiro atoms. The molecule has 356 valence electrons. The van der Waals surface area contributed by atoms with Gasteiger partial charge in [-0.2, -0.15) is 0 Å². The van der Waals surface area contributed by atoms with E-state index in [1.807, 2.05) is 45.0 Å². The Kier molecular flexibility index (Phi) is 20.8. The van der Waals surface area contributed by atoms with Gasteiger partial charge in [0.25, 0.3) is 0 Å². The van der Waals surface area contributed by atoms with Crippen LogP contribution in [0.2, 0.25) is 0 Å². The van der Waals surface area contributed by atoms with E-state index >= 15 is 0 Å². The molecule has 3 aliphatic rings. The lowest BCUT2D eigenvalue weighted by atomic mass is 9.82. The Morgan fingerprint density at radius 1 is 0.968 bits per heavy atom. The predicted octanol–water partition coefficient (Wildman–Crippen LogP) is 4.28. The first-order chi connectivity index (χ1) is 29.8. The molecular formula is C48H76N2O13. The molecule has 3 heterocycles. The van der Waals surface area contributed by atoms with Gasteiger partial charge in [0.05, 0.1) is 36.9 Å². The highest BCUT2D eigenvalue weighted by Crippen LogP contribution is 2.37. The summed E-state index contributed by atoms with van der Waals surface area (Å²) in [7, 11) is 5.02. The molecule has 0 saturated carbocycles. The van der Waals surface area contributed by atoms with E-state index in [0.29, 0.717) is 32.4 Å². The number of ether oxygens (including phenoxy) is 7. The minimum absolute atomic E-state index is 0.0174. The van der Waals surface area contributed by atoms with E-state index in [-0.39, 0.29) is 31.0 Å². The van der Waals surface area contributed by atoms with Gasteiger partial charge in [0.2, 0.25) is 0 Å². The third-order valence-electron chi connectivity index (χ3n) is 12.2. The number of carbonyl (C=O) groups is 3. The Balaban J connectivity index is 1.62. The zero-order valence-corrected chi connectivity index (χ0v) is 39.1. The lowest BCUT2D eigenvalue weighted by Crippen LogP contribution is -2.66. The molecule has 15 heteroatoms. The summed E-state index contributed by atoms with van der Waals surface area (Å²) < 4.78 is 43.4. The van der Waals surface area contributed by atoms with Crippen LogP contribution in [0.15, 0.2) is 54.6 Å². The zero-order valence-electron chi connectivity index (χ0n) is 39.1. The summed E-state index contributed by atoms with van der Waals surface area (Å²) in [6.45, 7) is 13.8. The second-order valence-corrected chi connectivity index (χ2v) is 18.6. The van der Waals surface area contributed by atoms with Gasteiger partial charge in [0.15, 0.2) is 24.5 Å². The van der Waals surface area contributed by atoms with E-state index in [1.165, 1.54) is 18.7 Å². The number of esters is 2. The Hall–Kier alpha value is -3.09. The van der Waals surface area contributed by atoms with Gasteiger partial charge in [-0.1, -0.05) is 69.3 Å². The molecule has 1 aromatic carbocycles. The maximum atomic E-state index is 13.5. The SMILES string of the molecule is CO[C@@H]1[C@@H](O[C@@H]2O[C@H](C)[C@@H](O[C@H]3C[C@@](C)(O)[C@@H](OC(=O)CC(C)C)[C@H](C)O3)[C@H](N(C)C)[C@H]2O)[C@@H](CCNCCc2ccccc2)C[C@@H](C)C(=O)/C=C/C=C\C[C@@H](C)OC(=O)C[C@@H]1O. The minimum atomic E-state index is -1.48. The fourth-order valence-electron chi connectivity index (χ4n) is 8.89. The molecule has 63 heavy (non-hydrogen) atoms. The van der Waals surface area contributed by atoms with Crippen LogP contribution in [0.3, 0.4) is 0 Å². The predicted molar refractivity (Wildman–Crippen MR) is 236 cm³/mol. The van der Waals surface area contributed by atoms with Crippen molar-refractivity contribution in [3.63, 3.8) is 0 Å². The van der Waals surface area contributed by atoms with Crippen LogP contribution in [0.1, 0.15) is 92.6 Å². The average molecular weight is 889 g/mol. The summed E-state index contributed by atoms with van der Waals surface area (Å²) in [5, 5.41) is 39.0. The summed E-state index contributed by atoms with van der Waals surface area (Å²) in [4.78, 5) is 41.1. The minimum Gasteiger partial charge on any atom is -0.462 e. The molecule has 0 radical (unpaired) electrons. The number of cyclic esters (lactones) is 1. The lowest BCUT2D eigenvalue weighted by Gasteiger charge is -2.50. The standard InChI is InChI=1S/C48H76N2O13/c1-29(2)25-38(53)61-46-33(6)59-40(28-48(46,7)56)62-43-32(5)60-47(42(55)41(43)50(8)9)63-44-35(22-24-49-23-21-34-18-14-12-15-19-34)26-30(3)36(51)20-16-11-13-17-31(4)58-39(54)27-37(52)45(44)57-10/h11-16,18-20,29-33,35,37,40-47,49,52,55-56H,17,21-28H2,1-10H3/b13-11-,20-16+/t30-,31-,32-,33+,35+,37+,40+,41-,42-,43-,44+,45+,46+,47+,48-/m1/s1. The molecule has 2 fully saturated rings. The number of nitrogens with one attached hydrogen (secondary N) is 1. The molecule has 3 aliphatic heterocycles. The van der Waals surface area contributed by atoms with Crippen molar-refractivity contribution in [1.29, 1.82) is 0 Å². The molecule has 15 atom stereocenters. The Labute approximate surface area is 374 Å². The van der Waals surface area contributed by atoms with Crippen molar-refractivity contribution < 1.29 is 62.9 Å². The number of hydrogen-bond donors (Lipinski definition) is 4.